The molecule has 1 aliphatic rings. The highest BCUT2D eigenvalue weighted by Gasteiger charge is 2.21. The molecule has 2 heterocycles. The molecule has 144 valence electrons. The third kappa shape index (κ3) is 3.53. The lowest BCUT2D eigenvalue weighted by molar-refractivity contribution is 0.0939. The number of nitrogens with zero attached hydrogens (tertiary/aromatic N) is 2. The summed E-state index contributed by atoms with van der Waals surface area (Å²) in [5.74, 6) is -0.230. The van der Waals surface area contributed by atoms with E-state index in [0.717, 1.165) is 12.8 Å². The van der Waals surface area contributed by atoms with Crippen LogP contribution in [0.15, 0.2) is 58.1 Å². The molecule has 1 saturated heterocycles. The smallest absolute Gasteiger partial charge is 0.331 e. The summed E-state index contributed by atoms with van der Waals surface area (Å²) in [6.45, 7) is 0.667. The minimum atomic E-state index is -0.499. The Kier molecular flexibility index (Phi) is 5.15. The zero-order valence-corrected chi connectivity index (χ0v) is 15.9. The topological polar surface area (TPSA) is 70.3 Å². The van der Waals surface area contributed by atoms with Crippen molar-refractivity contribution in [3.63, 3.8) is 0 Å². The van der Waals surface area contributed by atoms with Crippen LogP contribution in [0.2, 0.25) is 5.02 Å². The Bertz CT molecular complexity index is 1140. The number of fused-ring (bicyclic) bond motifs is 1. The van der Waals surface area contributed by atoms with E-state index in [1.165, 1.54) is 9.13 Å². The lowest BCUT2D eigenvalue weighted by atomic mass is 10.1. The molecule has 1 aliphatic heterocycles. The normalized spacial score (nSPS) is 16.5. The van der Waals surface area contributed by atoms with Crippen LogP contribution in [0, 0.1) is 0 Å². The molecule has 7 heteroatoms. The Balaban J connectivity index is 1.80. The molecule has 6 nitrogen and oxygen atoms in total. The highest BCUT2D eigenvalue weighted by atomic mass is 35.5. The van der Waals surface area contributed by atoms with Crippen LogP contribution in [0.1, 0.15) is 23.2 Å². The highest BCUT2D eigenvalue weighted by molar-refractivity contribution is 6.30. The Labute approximate surface area is 165 Å². The fourth-order valence-corrected chi connectivity index (χ4v) is 3.67. The number of ether oxygens (including phenoxy) is 1. The van der Waals surface area contributed by atoms with E-state index in [1.54, 1.807) is 48.5 Å². The maximum Gasteiger partial charge on any atom is 0.331 e. The second-order valence-corrected chi connectivity index (χ2v) is 7.30. The fraction of sp³-hybridized carbons (Fsp3) is 0.286. The number of hydrogen-bond donors (Lipinski definition) is 0. The summed E-state index contributed by atoms with van der Waals surface area (Å²) in [6.07, 6.45) is 1.56. The van der Waals surface area contributed by atoms with Crippen LogP contribution < -0.4 is 11.2 Å². The van der Waals surface area contributed by atoms with Gasteiger partial charge in [0, 0.05) is 17.2 Å². The van der Waals surface area contributed by atoms with Crippen molar-refractivity contribution in [3.8, 4) is 0 Å². The van der Waals surface area contributed by atoms with E-state index in [9.17, 15) is 14.4 Å². The van der Waals surface area contributed by atoms with E-state index in [-0.39, 0.29) is 30.5 Å². The molecule has 0 amide bonds. The number of para-hydroxylation sites is 1. The Hall–Kier alpha value is -2.70. The van der Waals surface area contributed by atoms with Crippen molar-refractivity contribution in [2.75, 3.05) is 6.61 Å². The summed E-state index contributed by atoms with van der Waals surface area (Å²) in [7, 11) is 0. The molecule has 3 aromatic rings. The van der Waals surface area contributed by atoms with Gasteiger partial charge in [-0.25, -0.2) is 4.79 Å². The van der Waals surface area contributed by atoms with Crippen molar-refractivity contribution in [2.24, 2.45) is 0 Å². The third-order valence-electron chi connectivity index (χ3n) is 5.01. The summed E-state index contributed by atoms with van der Waals surface area (Å²) in [5.41, 5.74) is 0.0495. The van der Waals surface area contributed by atoms with Crippen molar-refractivity contribution in [1.29, 1.82) is 0 Å². The highest BCUT2D eigenvalue weighted by Crippen LogP contribution is 2.15. The largest absolute Gasteiger partial charge is 0.376 e. The van der Waals surface area contributed by atoms with E-state index in [2.05, 4.69) is 0 Å². The SMILES string of the molecule is O=C(Cn1c(=O)n(CC2CCCO2)c(=O)c2ccccc21)c1ccc(Cl)cc1. The second kappa shape index (κ2) is 7.73. The molecule has 1 fully saturated rings. The van der Waals surface area contributed by atoms with Crippen LogP contribution in [0.4, 0.5) is 0 Å². The van der Waals surface area contributed by atoms with Crippen molar-refractivity contribution >= 4 is 28.3 Å². The van der Waals surface area contributed by atoms with Gasteiger partial charge in [0.2, 0.25) is 0 Å². The Morgan fingerprint density at radius 1 is 1.07 bits per heavy atom. The van der Waals surface area contributed by atoms with Crippen LogP contribution in [-0.4, -0.2) is 27.6 Å². The molecule has 0 aliphatic carbocycles. The van der Waals surface area contributed by atoms with Gasteiger partial charge in [0.15, 0.2) is 5.78 Å². The van der Waals surface area contributed by atoms with E-state index in [4.69, 9.17) is 16.3 Å². The van der Waals surface area contributed by atoms with Gasteiger partial charge in [0.05, 0.1) is 30.1 Å². The summed E-state index contributed by atoms with van der Waals surface area (Å²) in [5, 5.41) is 0.938. The summed E-state index contributed by atoms with van der Waals surface area (Å²) < 4.78 is 8.14. The number of rotatable bonds is 5. The molecule has 0 N–H and O–H groups in total. The Morgan fingerprint density at radius 2 is 1.82 bits per heavy atom. The first-order valence-electron chi connectivity index (χ1n) is 9.17. The van der Waals surface area contributed by atoms with Gasteiger partial charge >= 0.3 is 5.69 Å². The number of Topliss-reactive ketones (excluding diaryl/α,β-unsaturated/α-hetero) is 1. The van der Waals surface area contributed by atoms with Gasteiger partial charge in [-0.15, -0.1) is 0 Å². The van der Waals surface area contributed by atoms with Crippen molar-refractivity contribution in [2.45, 2.75) is 32.0 Å². The number of ketones is 1. The number of carbonyl (C=O) groups excluding carboxylic acids is 1. The fourth-order valence-electron chi connectivity index (χ4n) is 3.55. The molecular weight excluding hydrogens is 380 g/mol. The lowest BCUT2D eigenvalue weighted by Gasteiger charge is -2.16. The van der Waals surface area contributed by atoms with Crippen molar-refractivity contribution in [3.05, 3.63) is 80.0 Å². The molecular formula is C21H19ClN2O4. The first-order valence-corrected chi connectivity index (χ1v) is 9.55. The predicted molar refractivity (Wildman–Crippen MR) is 107 cm³/mol. The predicted octanol–water partition coefficient (Wildman–Crippen LogP) is 2.88. The molecule has 2 aromatic carbocycles. The van der Waals surface area contributed by atoms with E-state index < -0.39 is 5.69 Å². The molecule has 28 heavy (non-hydrogen) atoms. The van der Waals surface area contributed by atoms with Crippen molar-refractivity contribution in [1.82, 2.24) is 9.13 Å². The molecule has 1 unspecified atom stereocenters. The zero-order valence-electron chi connectivity index (χ0n) is 15.1. The maximum atomic E-state index is 13.1. The summed E-state index contributed by atoms with van der Waals surface area (Å²) >= 11 is 5.88. The molecule has 1 aromatic heterocycles. The number of benzene rings is 2. The molecule has 0 bridgehead atoms. The minimum Gasteiger partial charge on any atom is -0.376 e. The zero-order chi connectivity index (χ0) is 19.7. The molecule has 1 atom stereocenters. The summed E-state index contributed by atoms with van der Waals surface area (Å²) in [6, 6.07) is 13.4. The van der Waals surface area contributed by atoms with E-state index >= 15 is 0 Å². The van der Waals surface area contributed by atoms with Crippen LogP contribution in [0.5, 0.6) is 0 Å². The van der Waals surface area contributed by atoms with Gasteiger partial charge < -0.3 is 4.74 Å². The third-order valence-corrected chi connectivity index (χ3v) is 5.26. The van der Waals surface area contributed by atoms with Gasteiger partial charge in [-0.1, -0.05) is 23.7 Å². The summed E-state index contributed by atoms with van der Waals surface area (Å²) in [4.78, 5) is 38.7. The number of aromatic nitrogens is 2. The first kappa shape index (κ1) is 18.7. The van der Waals surface area contributed by atoms with Gasteiger partial charge in [-0.3, -0.25) is 18.7 Å². The van der Waals surface area contributed by atoms with Gasteiger partial charge in [0.1, 0.15) is 0 Å². The number of hydrogen-bond acceptors (Lipinski definition) is 4. The van der Waals surface area contributed by atoms with Gasteiger partial charge in [-0.05, 0) is 49.2 Å². The van der Waals surface area contributed by atoms with Crippen molar-refractivity contribution < 1.29 is 9.53 Å². The minimum absolute atomic E-state index is 0.160. The number of halogens is 1. The number of carbonyl (C=O) groups is 1. The monoisotopic (exact) mass is 398 g/mol. The molecule has 0 radical (unpaired) electrons. The van der Waals surface area contributed by atoms with Crippen LogP contribution in [0.25, 0.3) is 10.9 Å². The van der Waals surface area contributed by atoms with E-state index in [1.807, 2.05) is 0 Å². The Morgan fingerprint density at radius 3 is 2.54 bits per heavy atom. The standard InChI is InChI=1S/C21H19ClN2O4/c22-15-9-7-14(8-10-15)19(25)13-23-18-6-2-1-5-17(18)20(26)24(21(23)27)12-16-4-3-11-28-16/h1-2,5-10,16H,3-4,11-13H2. The van der Waals surface area contributed by atoms with Gasteiger partial charge in [0.25, 0.3) is 5.56 Å². The first-order chi connectivity index (χ1) is 13.5. The van der Waals surface area contributed by atoms with Gasteiger partial charge in [-0.2, -0.15) is 0 Å². The van der Waals surface area contributed by atoms with Crippen LogP contribution >= 0.6 is 11.6 Å². The van der Waals surface area contributed by atoms with Crippen LogP contribution in [-0.2, 0) is 17.8 Å². The molecule has 0 spiro atoms. The maximum absolute atomic E-state index is 13.1. The average Bonchev–Trinajstić information content (AvgIpc) is 3.22. The average molecular weight is 399 g/mol. The van der Waals surface area contributed by atoms with E-state index in [0.29, 0.717) is 28.1 Å². The quantitative estimate of drug-likeness (QED) is 0.619. The second-order valence-electron chi connectivity index (χ2n) is 6.87. The lowest BCUT2D eigenvalue weighted by Crippen LogP contribution is -2.43. The molecule has 4 rings (SSSR count). The molecule has 0 saturated carbocycles. The van der Waals surface area contributed by atoms with Crippen LogP contribution in [0.3, 0.4) is 0 Å².